The van der Waals surface area contributed by atoms with Crippen LogP contribution in [0.15, 0.2) is 65.0 Å². The molecule has 0 unspecified atom stereocenters. The third-order valence-electron chi connectivity index (χ3n) is 6.25. The second-order valence-electron chi connectivity index (χ2n) is 8.92. The van der Waals surface area contributed by atoms with Gasteiger partial charge in [0.25, 0.3) is 0 Å². The summed E-state index contributed by atoms with van der Waals surface area (Å²) in [5.74, 6) is -0.244. The van der Waals surface area contributed by atoms with Gasteiger partial charge >= 0.3 is 5.97 Å². The second kappa shape index (κ2) is 9.85. The number of nitrogens with one attached hydrogen (secondary N) is 1. The molecule has 2 aromatic rings. The van der Waals surface area contributed by atoms with E-state index in [0.717, 1.165) is 22.6 Å². The molecule has 2 aliphatic rings. The molecule has 2 aromatic carbocycles. The van der Waals surface area contributed by atoms with E-state index in [1.54, 1.807) is 33.1 Å². The molecule has 1 N–H and O–H groups in total. The Labute approximate surface area is 209 Å². The lowest BCUT2D eigenvalue weighted by Gasteiger charge is -2.37. The van der Waals surface area contributed by atoms with Crippen molar-refractivity contribution in [1.29, 1.82) is 0 Å². The normalized spacial score (nSPS) is 20.3. The number of methoxy groups -OCH3 is 1. The predicted molar refractivity (Wildman–Crippen MR) is 133 cm³/mol. The largest absolute Gasteiger partial charge is 0.497 e. The molecule has 0 saturated heterocycles. The minimum atomic E-state index is -0.582. The molecular weight excluding hydrogens is 473 g/mol. The van der Waals surface area contributed by atoms with E-state index in [2.05, 4.69) is 5.32 Å². The lowest BCUT2D eigenvalue weighted by atomic mass is 9.71. The Bertz CT molecular complexity index is 1200. The van der Waals surface area contributed by atoms with Crippen molar-refractivity contribution in [2.45, 2.75) is 51.6 Å². The van der Waals surface area contributed by atoms with Crippen molar-refractivity contribution in [3.63, 3.8) is 0 Å². The Morgan fingerprint density at radius 2 is 1.71 bits per heavy atom. The van der Waals surface area contributed by atoms with Crippen LogP contribution >= 0.6 is 23.2 Å². The van der Waals surface area contributed by atoms with Crippen molar-refractivity contribution in [3.05, 3.63) is 86.2 Å². The SMILES string of the molecule is COc1ccc([C@H]2CC(=O)C3=C(C2)NC(C)=C(C(=O)OC(C)C)[C@H]3c2ccc(Cl)c(Cl)c2)cc1. The quantitative estimate of drug-likeness (QED) is 0.487. The van der Waals surface area contributed by atoms with Crippen LogP contribution in [0.5, 0.6) is 5.75 Å². The van der Waals surface area contributed by atoms with Crippen LogP contribution in [0.25, 0.3) is 0 Å². The number of esters is 1. The molecule has 1 aliphatic heterocycles. The lowest BCUT2D eigenvalue weighted by molar-refractivity contribution is -0.143. The van der Waals surface area contributed by atoms with Gasteiger partial charge in [0.05, 0.1) is 28.8 Å². The monoisotopic (exact) mass is 499 g/mol. The zero-order chi connectivity index (χ0) is 24.6. The number of Topliss-reactive ketones (excluding diaryl/α,β-unsaturated/α-hetero) is 1. The highest BCUT2D eigenvalue weighted by atomic mass is 35.5. The van der Waals surface area contributed by atoms with Crippen molar-refractivity contribution in [2.75, 3.05) is 7.11 Å². The van der Waals surface area contributed by atoms with Crippen LogP contribution < -0.4 is 10.1 Å². The van der Waals surface area contributed by atoms with Gasteiger partial charge in [-0.1, -0.05) is 41.4 Å². The molecular formula is C27H27Cl2NO4. The Morgan fingerprint density at radius 3 is 2.32 bits per heavy atom. The van der Waals surface area contributed by atoms with Crippen LogP contribution in [0, 0.1) is 0 Å². The smallest absolute Gasteiger partial charge is 0.337 e. The van der Waals surface area contributed by atoms with Crippen LogP contribution in [-0.2, 0) is 14.3 Å². The molecule has 0 aromatic heterocycles. The number of dihydropyridines is 1. The molecule has 7 heteroatoms. The molecule has 2 atom stereocenters. The fourth-order valence-electron chi connectivity index (χ4n) is 4.72. The number of ketones is 1. The number of halogens is 2. The summed E-state index contributed by atoms with van der Waals surface area (Å²) in [6, 6.07) is 13.0. The summed E-state index contributed by atoms with van der Waals surface area (Å²) in [6.45, 7) is 5.44. The van der Waals surface area contributed by atoms with Crippen molar-refractivity contribution in [3.8, 4) is 5.75 Å². The summed E-state index contributed by atoms with van der Waals surface area (Å²) in [6.07, 6.45) is 0.699. The first kappa shape index (κ1) is 24.4. The molecule has 0 radical (unpaired) electrons. The van der Waals surface area contributed by atoms with E-state index in [0.29, 0.717) is 39.7 Å². The number of carbonyl (C=O) groups is 2. The maximum atomic E-state index is 13.6. The fraction of sp³-hybridized carbons (Fsp3) is 0.333. The maximum absolute atomic E-state index is 13.6. The van der Waals surface area contributed by atoms with Gasteiger partial charge < -0.3 is 14.8 Å². The standard InChI is InChI=1S/C27H27Cl2NO4/c1-14(2)34-27(32)24-15(3)30-22-12-18(16-5-8-19(33-4)9-6-16)13-23(31)26(22)25(24)17-7-10-20(28)21(29)11-17/h5-11,14,18,25,30H,12-13H2,1-4H3/t18-,25-/m1/s1. The first-order chi connectivity index (χ1) is 16.2. The molecule has 0 saturated carbocycles. The van der Waals surface area contributed by atoms with Crippen LogP contribution in [0.3, 0.4) is 0 Å². The lowest BCUT2D eigenvalue weighted by Crippen LogP contribution is -2.36. The minimum absolute atomic E-state index is 0.00649. The van der Waals surface area contributed by atoms with Crippen LogP contribution in [0.4, 0.5) is 0 Å². The number of hydrogen-bond acceptors (Lipinski definition) is 5. The third kappa shape index (κ3) is 4.73. The highest BCUT2D eigenvalue weighted by molar-refractivity contribution is 6.42. The van der Waals surface area contributed by atoms with Gasteiger partial charge in [0.15, 0.2) is 5.78 Å². The summed E-state index contributed by atoms with van der Waals surface area (Å²) < 4.78 is 10.8. The second-order valence-corrected chi connectivity index (χ2v) is 9.73. The van der Waals surface area contributed by atoms with E-state index in [-0.39, 0.29) is 17.8 Å². The van der Waals surface area contributed by atoms with Crippen LogP contribution in [0.2, 0.25) is 10.0 Å². The van der Waals surface area contributed by atoms with Gasteiger partial charge in [-0.25, -0.2) is 4.79 Å². The van der Waals surface area contributed by atoms with E-state index >= 15 is 0 Å². The number of allylic oxidation sites excluding steroid dienone is 3. The Morgan fingerprint density at radius 1 is 1.03 bits per heavy atom. The van der Waals surface area contributed by atoms with E-state index < -0.39 is 11.9 Å². The van der Waals surface area contributed by atoms with Crippen molar-refractivity contribution in [1.82, 2.24) is 5.32 Å². The molecule has 0 fully saturated rings. The average Bonchev–Trinajstić information content (AvgIpc) is 2.79. The van der Waals surface area contributed by atoms with E-state index in [1.807, 2.05) is 37.3 Å². The highest BCUT2D eigenvalue weighted by Gasteiger charge is 2.41. The van der Waals surface area contributed by atoms with Gasteiger partial charge in [-0.3, -0.25) is 4.79 Å². The van der Waals surface area contributed by atoms with Crippen molar-refractivity contribution < 1.29 is 19.1 Å². The summed E-state index contributed by atoms with van der Waals surface area (Å²) in [5.41, 5.74) is 4.30. The Kier molecular flexibility index (Phi) is 7.06. The van der Waals surface area contributed by atoms with Crippen LogP contribution in [0.1, 0.15) is 56.6 Å². The van der Waals surface area contributed by atoms with Gasteiger partial charge in [0.2, 0.25) is 0 Å². The van der Waals surface area contributed by atoms with Crippen molar-refractivity contribution in [2.24, 2.45) is 0 Å². The van der Waals surface area contributed by atoms with Crippen molar-refractivity contribution >= 4 is 35.0 Å². The van der Waals surface area contributed by atoms with E-state index in [4.69, 9.17) is 32.7 Å². The van der Waals surface area contributed by atoms with Gasteiger partial charge in [0, 0.05) is 29.3 Å². The summed E-state index contributed by atoms with van der Waals surface area (Å²) in [4.78, 5) is 26.8. The first-order valence-electron chi connectivity index (χ1n) is 11.2. The zero-order valence-corrected chi connectivity index (χ0v) is 21.1. The summed E-state index contributed by atoms with van der Waals surface area (Å²) in [7, 11) is 1.63. The van der Waals surface area contributed by atoms with E-state index in [1.165, 1.54) is 0 Å². The molecule has 178 valence electrons. The van der Waals surface area contributed by atoms with Gasteiger partial charge in [-0.2, -0.15) is 0 Å². The molecule has 5 nitrogen and oxygen atoms in total. The Hall–Kier alpha value is -2.76. The van der Waals surface area contributed by atoms with Gasteiger partial charge in [-0.05, 0) is 68.5 Å². The van der Waals surface area contributed by atoms with Gasteiger partial charge in [0.1, 0.15) is 5.75 Å². The van der Waals surface area contributed by atoms with Crippen LogP contribution in [-0.4, -0.2) is 25.0 Å². The Balaban J connectivity index is 1.78. The molecule has 0 bridgehead atoms. The average molecular weight is 500 g/mol. The molecule has 1 heterocycles. The first-order valence-corrected chi connectivity index (χ1v) is 12.0. The number of ether oxygens (including phenoxy) is 2. The topological polar surface area (TPSA) is 64.6 Å². The number of rotatable bonds is 5. The minimum Gasteiger partial charge on any atom is -0.497 e. The highest BCUT2D eigenvalue weighted by Crippen LogP contribution is 2.46. The fourth-order valence-corrected chi connectivity index (χ4v) is 5.03. The molecule has 1 aliphatic carbocycles. The molecule has 0 amide bonds. The number of hydrogen-bond donors (Lipinski definition) is 1. The third-order valence-corrected chi connectivity index (χ3v) is 6.99. The number of benzene rings is 2. The zero-order valence-electron chi connectivity index (χ0n) is 19.6. The summed E-state index contributed by atoms with van der Waals surface area (Å²) in [5, 5.41) is 4.14. The molecule has 0 spiro atoms. The molecule has 4 rings (SSSR count). The number of carbonyl (C=O) groups excluding carboxylic acids is 2. The predicted octanol–water partition coefficient (Wildman–Crippen LogP) is 6.32. The van der Waals surface area contributed by atoms with Gasteiger partial charge in [-0.15, -0.1) is 0 Å². The van der Waals surface area contributed by atoms with E-state index in [9.17, 15) is 9.59 Å². The maximum Gasteiger partial charge on any atom is 0.337 e. The molecule has 34 heavy (non-hydrogen) atoms. The summed E-state index contributed by atoms with van der Waals surface area (Å²) >= 11 is 12.5.